The van der Waals surface area contributed by atoms with Crippen LogP contribution in [0.2, 0.25) is 5.02 Å². The number of thioether (sulfide) groups is 1. The first-order valence-corrected chi connectivity index (χ1v) is 13.0. The lowest BCUT2D eigenvalue weighted by atomic mass is 9.98. The summed E-state index contributed by atoms with van der Waals surface area (Å²) in [5, 5.41) is 1.01. The smallest absolute Gasteiger partial charge is 0.332 e. The minimum atomic E-state index is -0.773. The lowest BCUT2D eigenvalue weighted by Gasteiger charge is -2.15. The summed E-state index contributed by atoms with van der Waals surface area (Å²) < 4.78 is 3.31. The Morgan fingerprint density at radius 3 is 2.38 bits per heavy atom. The molecule has 1 atom stereocenters. The topological polar surface area (TPSA) is 122 Å². The molecule has 0 unspecified atom stereocenters. The molecule has 0 fully saturated rings. The molecule has 2 aromatic heterocycles. The van der Waals surface area contributed by atoms with Crippen LogP contribution in [0.3, 0.4) is 0 Å². The number of carbonyl (C=O) groups is 1. The summed E-state index contributed by atoms with van der Waals surface area (Å²) in [5.41, 5.74) is 6.07. The predicted octanol–water partition coefficient (Wildman–Crippen LogP) is 3.51. The molecular formula is C26H26ClN5O4S. The Kier molecular flexibility index (Phi) is 7.42. The fourth-order valence-electron chi connectivity index (χ4n) is 3.97. The number of nitrogen functional groups attached to an aromatic ring is 1. The minimum Gasteiger partial charge on any atom is -0.384 e. The fraction of sp³-hybridized carbons (Fsp3) is 0.269. The molecule has 0 aliphatic heterocycles. The van der Waals surface area contributed by atoms with E-state index in [1.54, 1.807) is 18.2 Å². The lowest BCUT2D eigenvalue weighted by molar-refractivity contribution is 0.102. The van der Waals surface area contributed by atoms with Crippen LogP contribution in [0.15, 0.2) is 62.0 Å². The molecule has 9 nitrogen and oxygen atoms in total. The number of ketones is 1. The van der Waals surface area contributed by atoms with E-state index < -0.39 is 17.0 Å². The van der Waals surface area contributed by atoms with Gasteiger partial charge in [-0.15, -0.1) is 0 Å². The highest BCUT2D eigenvalue weighted by atomic mass is 35.5. The Hall–Kier alpha value is -3.63. The van der Waals surface area contributed by atoms with Crippen molar-refractivity contribution in [2.75, 3.05) is 11.5 Å². The molecule has 0 aliphatic carbocycles. The van der Waals surface area contributed by atoms with E-state index in [0.717, 1.165) is 32.9 Å². The number of fused-ring (bicyclic) bond motifs is 1. The van der Waals surface area contributed by atoms with Crippen molar-refractivity contribution in [3.05, 3.63) is 89.8 Å². The normalized spacial score (nSPS) is 12.1. The molecule has 0 bridgehead atoms. The number of halogens is 1. The zero-order chi connectivity index (χ0) is 27.0. The maximum Gasteiger partial charge on any atom is 0.332 e. The van der Waals surface area contributed by atoms with Crippen LogP contribution in [0.1, 0.15) is 42.1 Å². The molecule has 2 aromatic carbocycles. The average Bonchev–Trinajstić information content (AvgIpc) is 2.90. The Balaban J connectivity index is 1.81. The second-order valence-corrected chi connectivity index (χ2v) is 10.2. The van der Waals surface area contributed by atoms with Crippen LogP contribution >= 0.6 is 23.4 Å². The van der Waals surface area contributed by atoms with Gasteiger partial charge in [-0.2, -0.15) is 0 Å². The molecule has 0 spiro atoms. The Morgan fingerprint density at radius 1 is 1.05 bits per heavy atom. The molecule has 0 saturated carbocycles. The van der Waals surface area contributed by atoms with Crippen molar-refractivity contribution in [1.29, 1.82) is 0 Å². The summed E-state index contributed by atoms with van der Waals surface area (Å²) in [7, 11) is 2.67. The molecule has 2 heterocycles. The van der Waals surface area contributed by atoms with Crippen molar-refractivity contribution in [3.63, 3.8) is 0 Å². The van der Waals surface area contributed by atoms with Crippen molar-refractivity contribution in [3.8, 4) is 5.69 Å². The third-order valence-corrected chi connectivity index (χ3v) is 7.63. The molecule has 11 heteroatoms. The molecule has 2 N–H and O–H groups in total. The third kappa shape index (κ3) is 4.86. The quantitative estimate of drug-likeness (QED) is 0.216. The number of nitrogens with two attached hydrogens (primary N) is 1. The monoisotopic (exact) mass is 539 g/mol. The summed E-state index contributed by atoms with van der Waals surface area (Å²) in [6.07, 6.45) is 0.978. The van der Waals surface area contributed by atoms with Gasteiger partial charge in [0.05, 0.1) is 22.3 Å². The third-order valence-electron chi connectivity index (χ3n) is 6.45. The molecule has 0 radical (unpaired) electrons. The van der Waals surface area contributed by atoms with Gasteiger partial charge in [-0.3, -0.25) is 28.1 Å². The number of anilines is 1. The van der Waals surface area contributed by atoms with Gasteiger partial charge < -0.3 is 5.73 Å². The lowest BCUT2D eigenvalue weighted by Crippen LogP contribution is -2.41. The number of carbonyl (C=O) groups excluding carboxylic acids is 1. The van der Waals surface area contributed by atoms with Crippen molar-refractivity contribution in [1.82, 2.24) is 18.7 Å². The maximum atomic E-state index is 13.6. The summed E-state index contributed by atoms with van der Waals surface area (Å²) in [6.45, 7) is 4.24. The van der Waals surface area contributed by atoms with Crippen LogP contribution in [0.25, 0.3) is 16.6 Å². The zero-order valence-corrected chi connectivity index (χ0v) is 22.4. The number of hydrogen-bond acceptors (Lipinski definition) is 7. The van der Waals surface area contributed by atoms with Gasteiger partial charge in [0.2, 0.25) is 0 Å². The van der Waals surface area contributed by atoms with Crippen LogP contribution < -0.4 is 22.5 Å². The molecule has 192 valence electrons. The van der Waals surface area contributed by atoms with Gasteiger partial charge >= 0.3 is 5.69 Å². The van der Waals surface area contributed by atoms with E-state index in [1.165, 1.54) is 18.7 Å². The van der Waals surface area contributed by atoms with Gasteiger partial charge in [-0.25, -0.2) is 9.78 Å². The molecule has 37 heavy (non-hydrogen) atoms. The van der Waals surface area contributed by atoms with Crippen LogP contribution in [0.5, 0.6) is 0 Å². The largest absolute Gasteiger partial charge is 0.384 e. The van der Waals surface area contributed by atoms with Crippen molar-refractivity contribution in [2.45, 2.75) is 31.3 Å². The van der Waals surface area contributed by atoms with E-state index in [9.17, 15) is 19.2 Å². The van der Waals surface area contributed by atoms with Crippen LogP contribution in [0.4, 0.5) is 5.82 Å². The van der Waals surface area contributed by atoms with E-state index in [0.29, 0.717) is 27.5 Å². The van der Waals surface area contributed by atoms with Gasteiger partial charge in [-0.1, -0.05) is 49.3 Å². The van der Waals surface area contributed by atoms with E-state index >= 15 is 0 Å². The summed E-state index contributed by atoms with van der Waals surface area (Å²) >= 11 is 7.15. The number of nitrogens with zero attached hydrogens (tertiary/aromatic N) is 4. The molecule has 4 aromatic rings. The first kappa shape index (κ1) is 26.4. The highest BCUT2D eigenvalue weighted by Crippen LogP contribution is 2.26. The van der Waals surface area contributed by atoms with Gasteiger partial charge in [0.1, 0.15) is 11.4 Å². The molecule has 0 amide bonds. The first-order valence-electron chi connectivity index (χ1n) is 11.6. The Labute approximate surface area is 221 Å². The van der Waals surface area contributed by atoms with E-state index in [4.69, 9.17) is 17.3 Å². The standard InChI is InChI=1S/C26H26ClN5O4S/c1-5-14(2)15-6-9-17(10-7-15)32-23(34)18-12-16(27)8-11-19(18)29-25(32)37-13-20(33)21-22(28)30(3)26(36)31(4)24(21)35/h6-12,14H,5,13,28H2,1-4H3/t14-/m1/s1. The van der Waals surface area contributed by atoms with Crippen molar-refractivity contribution >= 4 is 45.9 Å². The molecule has 0 aliphatic rings. The predicted molar refractivity (Wildman–Crippen MR) is 147 cm³/mol. The highest BCUT2D eigenvalue weighted by Gasteiger charge is 2.22. The summed E-state index contributed by atoms with van der Waals surface area (Å²) in [6, 6.07) is 12.4. The Bertz CT molecular complexity index is 1710. The second-order valence-electron chi connectivity index (χ2n) is 8.78. The first-order chi connectivity index (χ1) is 17.5. The SMILES string of the molecule is CC[C@@H](C)c1ccc(-n2c(SCC(=O)c3c(N)n(C)c(=O)n(C)c3=O)nc3ccc(Cl)cc3c2=O)cc1. The van der Waals surface area contributed by atoms with Gasteiger partial charge in [0.25, 0.3) is 11.1 Å². The van der Waals surface area contributed by atoms with E-state index in [2.05, 4.69) is 18.8 Å². The van der Waals surface area contributed by atoms with Crippen LogP contribution in [-0.2, 0) is 14.1 Å². The Morgan fingerprint density at radius 2 is 1.73 bits per heavy atom. The van der Waals surface area contributed by atoms with Gasteiger partial charge in [0.15, 0.2) is 10.9 Å². The number of hydrogen-bond donors (Lipinski definition) is 1. The number of benzene rings is 2. The number of rotatable bonds is 7. The van der Waals surface area contributed by atoms with Crippen LogP contribution in [0, 0.1) is 0 Å². The van der Waals surface area contributed by atoms with Crippen molar-refractivity contribution in [2.24, 2.45) is 14.1 Å². The van der Waals surface area contributed by atoms with E-state index in [1.807, 2.05) is 24.3 Å². The van der Waals surface area contributed by atoms with Gasteiger partial charge in [-0.05, 0) is 48.2 Å². The summed E-state index contributed by atoms with van der Waals surface area (Å²) in [5.74, 6) is -0.657. The number of Topliss-reactive ketones (excluding diaryl/α,β-unsaturated/α-hetero) is 1. The fourth-order valence-corrected chi connectivity index (χ4v) is 5.03. The second kappa shape index (κ2) is 10.4. The minimum absolute atomic E-state index is 0.210. The average molecular weight is 540 g/mol. The zero-order valence-electron chi connectivity index (χ0n) is 20.8. The molecule has 4 rings (SSSR count). The highest BCUT2D eigenvalue weighted by molar-refractivity contribution is 7.99. The van der Waals surface area contributed by atoms with Gasteiger partial charge in [0, 0.05) is 19.1 Å². The van der Waals surface area contributed by atoms with Crippen LogP contribution in [-0.4, -0.2) is 30.2 Å². The van der Waals surface area contributed by atoms with Crippen molar-refractivity contribution < 1.29 is 4.79 Å². The molecular weight excluding hydrogens is 514 g/mol. The summed E-state index contributed by atoms with van der Waals surface area (Å²) in [4.78, 5) is 56.1. The van der Waals surface area contributed by atoms with E-state index in [-0.39, 0.29) is 27.8 Å². The maximum absolute atomic E-state index is 13.6. The molecule has 0 saturated heterocycles. The number of aromatic nitrogens is 4.